The Bertz CT molecular complexity index is 551. The van der Waals surface area contributed by atoms with Crippen LogP contribution >= 0.6 is 34.8 Å². The predicted molar refractivity (Wildman–Crippen MR) is 65.3 cm³/mol. The van der Waals surface area contributed by atoms with E-state index in [-0.39, 0.29) is 5.69 Å². The van der Waals surface area contributed by atoms with Crippen LogP contribution in [0.1, 0.15) is 20.8 Å². The minimum Gasteiger partial charge on any atom is -0.347 e. The molecule has 0 saturated heterocycles. The number of aryl methyl sites for hydroxylation is 1. The maximum Gasteiger partial charge on any atom is 0.368 e. The second-order valence-corrected chi connectivity index (χ2v) is 6.09. The summed E-state index contributed by atoms with van der Waals surface area (Å²) in [5.74, 6) is -8.06. The van der Waals surface area contributed by atoms with Gasteiger partial charge in [0.2, 0.25) is 11.6 Å². The van der Waals surface area contributed by atoms with Crippen LogP contribution in [-0.2, 0) is 7.05 Å². The van der Waals surface area contributed by atoms with Crippen LogP contribution in [0.2, 0.25) is 0 Å². The Labute approximate surface area is 125 Å². The minimum absolute atomic E-state index is 0.376. The Kier molecular flexibility index (Phi) is 4.78. The molecule has 0 radical (unpaired) electrons. The first-order valence-electron chi connectivity index (χ1n) is 4.87. The van der Waals surface area contributed by atoms with Gasteiger partial charge in [-0.1, -0.05) is 34.8 Å². The van der Waals surface area contributed by atoms with Gasteiger partial charge in [-0.25, -0.2) is 8.78 Å². The van der Waals surface area contributed by atoms with Crippen LogP contribution in [0.3, 0.4) is 0 Å². The lowest BCUT2D eigenvalue weighted by Crippen LogP contribution is -2.36. The molecule has 0 unspecified atom stereocenters. The Morgan fingerprint density at radius 3 is 2.10 bits per heavy atom. The summed E-state index contributed by atoms with van der Waals surface area (Å²) < 4.78 is 48.6. The fourth-order valence-electron chi connectivity index (χ4n) is 1.35. The van der Waals surface area contributed by atoms with Crippen LogP contribution < -0.4 is 0 Å². The lowest BCUT2D eigenvalue weighted by molar-refractivity contribution is -0.0958. The van der Waals surface area contributed by atoms with Gasteiger partial charge in [0.25, 0.3) is 3.79 Å². The third kappa shape index (κ3) is 3.27. The van der Waals surface area contributed by atoms with E-state index in [1.165, 1.54) is 7.05 Å². The lowest BCUT2D eigenvalue weighted by Gasteiger charge is -2.12. The summed E-state index contributed by atoms with van der Waals surface area (Å²) in [5.41, 5.74) is -1.16. The highest BCUT2D eigenvalue weighted by Crippen LogP contribution is 2.32. The van der Waals surface area contributed by atoms with Crippen molar-refractivity contribution in [1.82, 2.24) is 4.57 Å². The highest BCUT2D eigenvalue weighted by Gasteiger charge is 2.49. The van der Waals surface area contributed by atoms with Crippen molar-refractivity contribution in [1.29, 1.82) is 0 Å². The molecular formula is C10H6Cl3F4NO2. The molecule has 1 aromatic rings. The van der Waals surface area contributed by atoms with E-state index in [2.05, 4.69) is 0 Å². The summed E-state index contributed by atoms with van der Waals surface area (Å²) in [7, 11) is 1.21. The maximum atomic E-state index is 12.9. The highest BCUT2D eigenvalue weighted by atomic mass is 35.6. The van der Waals surface area contributed by atoms with Crippen molar-refractivity contribution in [2.45, 2.75) is 16.1 Å². The van der Waals surface area contributed by atoms with Crippen molar-refractivity contribution in [2.24, 2.45) is 7.05 Å². The Balaban J connectivity index is 3.20. The highest BCUT2D eigenvalue weighted by molar-refractivity contribution is 6.77. The number of ketones is 2. The van der Waals surface area contributed by atoms with E-state index in [0.29, 0.717) is 6.07 Å². The molecule has 1 rings (SSSR count). The zero-order chi connectivity index (χ0) is 15.9. The molecule has 20 heavy (non-hydrogen) atoms. The number of rotatable bonds is 4. The SMILES string of the molecule is Cn1cc(C(=O)C(F)(F)C(F)F)cc1C(=O)C(Cl)(Cl)Cl. The van der Waals surface area contributed by atoms with Gasteiger partial charge in [0.05, 0.1) is 5.69 Å². The third-order valence-electron chi connectivity index (χ3n) is 2.33. The third-order valence-corrected chi connectivity index (χ3v) is 2.85. The minimum atomic E-state index is -4.86. The largest absolute Gasteiger partial charge is 0.368 e. The average Bonchev–Trinajstić information content (AvgIpc) is 2.67. The molecular weight excluding hydrogens is 348 g/mol. The summed E-state index contributed by atoms with van der Waals surface area (Å²) in [4.78, 5) is 22.9. The van der Waals surface area contributed by atoms with Gasteiger partial charge in [0.1, 0.15) is 0 Å². The van der Waals surface area contributed by atoms with Crippen molar-refractivity contribution < 1.29 is 27.2 Å². The molecule has 0 aromatic carbocycles. The summed E-state index contributed by atoms with van der Waals surface area (Å²) in [6, 6.07) is 0.669. The van der Waals surface area contributed by atoms with Crippen LogP contribution in [0.25, 0.3) is 0 Å². The van der Waals surface area contributed by atoms with Crippen LogP contribution in [0.15, 0.2) is 12.3 Å². The number of carbonyl (C=O) groups excluding carboxylic acids is 2. The molecule has 0 fully saturated rings. The first-order chi connectivity index (χ1) is 8.89. The fraction of sp³-hybridized carbons (Fsp3) is 0.400. The van der Waals surface area contributed by atoms with Crippen molar-refractivity contribution in [3.05, 3.63) is 23.5 Å². The van der Waals surface area contributed by atoms with E-state index in [4.69, 9.17) is 34.8 Å². The normalized spacial score (nSPS) is 12.8. The monoisotopic (exact) mass is 353 g/mol. The molecule has 0 aliphatic rings. The van der Waals surface area contributed by atoms with Crippen LogP contribution in [0.5, 0.6) is 0 Å². The second-order valence-electron chi connectivity index (χ2n) is 3.80. The molecule has 0 spiro atoms. The van der Waals surface area contributed by atoms with Crippen LogP contribution in [-0.4, -0.2) is 32.3 Å². The molecule has 10 heteroatoms. The van der Waals surface area contributed by atoms with Gasteiger partial charge in [0, 0.05) is 18.8 Å². The molecule has 0 aliphatic heterocycles. The fourth-order valence-corrected chi connectivity index (χ4v) is 1.64. The number of nitrogens with zero attached hydrogens (tertiary/aromatic N) is 1. The van der Waals surface area contributed by atoms with Crippen molar-refractivity contribution in [3.63, 3.8) is 0 Å². The molecule has 0 bridgehead atoms. The molecule has 0 amide bonds. The van der Waals surface area contributed by atoms with Crippen LogP contribution in [0, 0.1) is 0 Å². The number of hydrogen-bond acceptors (Lipinski definition) is 2. The summed E-state index contributed by atoms with van der Waals surface area (Å²) >= 11 is 16.0. The topological polar surface area (TPSA) is 39.1 Å². The Morgan fingerprint density at radius 2 is 1.70 bits per heavy atom. The summed E-state index contributed by atoms with van der Waals surface area (Å²) in [5, 5.41) is 0. The second kappa shape index (κ2) is 5.54. The Morgan fingerprint density at radius 1 is 1.20 bits per heavy atom. The maximum absolute atomic E-state index is 12.9. The number of alkyl halides is 7. The van der Waals surface area contributed by atoms with Crippen molar-refractivity contribution >= 4 is 46.4 Å². The average molecular weight is 355 g/mol. The molecule has 0 N–H and O–H groups in total. The van der Waals surface area contributed by atoms with E-state index in [1.807, 2.05) is 0 Å². The first-order valence-corrected chi connectivity index (χ1v) is 6.01. The number of carbonyl (C=O) groups is 2. The number of Topliss-reactive ketones (excluding diaryl/α,β-unsaturated/α-hetero) is 2. The molecule has 0 atom stereocenters. The van der Waals surface area contributed by atoms with Gasteiger partial charge in [0.15, 0.2) is 0 Å². The first kappa shape index (κ1) is 17.3. The summed E-state index contributed by atoms with van der Waals surface area (Å²) in [6.07, 6.45) is -3.38. The number of halogens is 7. The van der Waals surface area contributed by atoms with Crippen molar-refractivity contribution in [3.8, 4) is 0 Å². The molecule has 0 saturated carbocycles. The zero-order valence-corrected chi connectivity index (χ0v) is 11.9. The lowest BCUT2D eigenvalue weighted by atomic mass is 10.1. The van der Waals surface area contributed by atoms with E-state index < -0.39 is 33.3 Å². The molecule has 0 aliphatic carbocycles. The Hall–Kier alpha value is -0.790. The predicted octanol–water partition coefficient (Wildman–Crippen LogP) is 3.66. The molecule has 1 aromatic heterocycles. The molecule has 1 heterocycles. The van der Waals surface area contributed by atoms with Gasteiger partial charge >= 0.3 is 12.3 Å². The standard InChI is InChI=1S/C10H6Cl3F4NO2/c1-18-3-4(6(19)9(16,17)8(14)15)2-5(18)7(20)10(11,12)13/h2-3,8H,1H3. The van der Waals surface area contributed by atoms with Crippen LogP contribution in [0.4, 0.5) is 17.6 Å². The van der Waals surface area contributed by atoms with Gasteiger partial charge in [-0.3, -0.25) is 9.59 Å². The van der Waals surface area contributed by atoms with Gasteiger partial charge in [-0.15, -0.1) is 0 Å². The zero-order valence-electron chi connectivity index (χ0n) is 9.64. The quantitative estimate of drug-likeness (QED) is 0.470. The number of hydrogen-bond donors (Lipinski definition) is 0. The summed E-state index contributed by atoms with van der Waals surface area (Å²) in [6.45, 7) is 0. The smallest absolute Gasteiger partial charge is 0.347 e. The van der Waals surface area contributed by atoms with Crippen molar-refractivity contribution in [2.75, 3.05) is 0 Å². The van der Waals surface area contributed by atoms with Gasteiger partial charge in [-0.05, 0) is 6.07 Å². The molecule has 3 nitrogen and oxygen atoms in total. The van der Waals surface area contributed by atoms with E-state index >= 15 is 0 Å². The molecule has 112 valence electrons. The van der Waals surface area contributed by atoms with Gasteiger partial charge < -0.3 is 4.57 Å². The van der Waals surface area contributed by atoms with Gasteiger partial charge in [-0.2, -0.15) is 8.78 Å². The van der Waals surface area contributed by atoms with E-state index in [0.717, 1.165) is 10.8 Å². The number of aromatic nitrogens is 1. The van der Waals surface area contributed by atoms with E-state index in [1.54, 1.807) is 0 Å². The van der Waals surface area contributed by atoms with E-state index in [9.17, 15) is 27.2 Å².